The Morgan fingerprint density at radius 1 is 0.939 bits per heavy atom. The first-order chi connectivity index (χ1) is 23.8. The molecule has 1 atom stereocenters. The molecule has 4 aromatic rings. The van der Waals surface area contributed by atoms with E-state index >= 15 is 0 Å². The summed E-state index contributed by atoms with van der Waals surface area (Å²) in [5.41, 5.74) is 5.88. The topological polar surface area (TPSA) is 123 Å². The zero-order valence-corrected chi connectivity index (χ0v) is 28.5. The van der Waals surface area contributed by atoms with Gasteiger partial charge in [-0.25, -0.2) is 0 Å². The predicted molar refractivity (Wildman–Crippen MR) is 185 cm³/mol. The average Bonchev–Trinajstić information content (AvgIpc) is 3.66. The molecule has 6 rings (SSSR count). The van der Waals surface area contributed by atoms with Crippen molar-refractivity contribution in [3.63, 3.8) is 0 Å². The number of halogens is 1. The molecule has 0 bridgehead atoms. The monoisotopic (exact) mass is 689 g/mol. The van der Waals surface area contributed by atoms with Crippen molar-refractivity contribution >= 4 is 34.9 Å². The van der Waals surface area contributed by atoms with E-state index in [1.807, 2.05) is 48.5 Å². The number of ether oxygens (including phenoxy) is 4. The molecule has 3 aromatic carbocycles. The highest BCUT2D eigenvalue weighted by molar-refractivity contribution is 6.31. The fraction of sp³-hybridized carbons (Fsp3) is 0.343. The maximum atomic E-state index is 14.1. The summed E-state index contributed by atoms with van der Waals surface area (Å²) in [5, 5.41) is 11.7. The lowest BCUT2D eigenvalue weighted by Crippen LogP contribution is -2.47. The van der Waals surface area contributed by atoms with Crippen molar-refractivity contribution in [1.29, 1.82) is 0 Å². The van der Waals surface area contributed by atoms with Gasteiger partial charge >= 0.3 is 0 Å². The number of methoxy groups -OCH3 is 3. The summed E-state index contributed by atoms with van der Waals surface area (Å²) >= 11 is 6.26. The van der Waals surface area contributed by atoms with Gasteiger partial charge in [-0.15, -0.1) is 5.53 Å². The Hall–Kier alpha value is -4.82. The van der Waals surface area contributed by atoms with Crippen LogP contribution in [0.2, 0.25) is 5.02 Å². The largest absolute Gasteiger partial charge is 0.497 e. The highest BCUT2D eigenvalue weighted by Gasteiger charge is 2.41. The second-order valence-corrected chi connectivity index (χ2v) is 12.1. The summed E-state index contributed by atoms with van der Waals surface area (Å²) in [6, 6.07) is 19.5. The van der Waals surface area contributed by atoms with Gasteiger partial charge in [0.05, 0.1) is 59.4 Å². The zero-order chi connectivity index (χ0) is 34.3. The van der Waals surface area contributed by atoms with Gasteiger partial charge in [0.15, 0.2) is 5.82 Å². The minimum atomic E-state index is -0.668. The van der Waals surface area contributed by atoms with Gasteiger partial charge in [-0.2, -0.15) is 5.10 Å². The number of anilines is 2. The molecule has 2 fully saturated rings. The molecule has 2 saturated heterocycles. The average molecular weight is 690 g/mol. The lowest BCUT2D eigenvalue weighted by atomic mass is 10.0. The van der Waals surface area contributed by atoms with Crippen molar-refractivity contribution in [2.24, 2.45) is 0 Å². The van der Waals surface area contributed by atoms with E-state index in [-0.39, 0.29) is 11.5 Å². The second-order valence-electron chi connectivity index (χ2n) is 11.7. The number of morpholine rings is 1. The van der Waals surface area contributed by atoms with Gasteiger partial charge in [0.25, 0.3) is 11.8 Å². The number of rotatable bonds is 13. The summed E-state index contributed by atoms with van der Waals surface area (Å²) in [7, 11) is 4.73. The maximum absolute atomic E-state index is 14.1. The lowest BCUT2D eigenvalue weighted by molar-refractivity contribution is -0.130. The van der Waals surface area contributed by atoms with Crippen molar-refractivity contribution in [2.45, 2.75) is 19.0 Å². The van der Waals surface area contributed by atoms with Crippen LogP contribution in [0.25, 0.3) is 0 Å². The Morgan fingerprint density at radius 2 is 1.61 bits per heavy atom. The van der Waals surface area contributed by atoms with Crippen LogP contribution in [0.15, 0.2) is 72.9 Å². The molecule has 3 heterocycles. The van der Waals surface area contributed by atoms with E-state index in [2.05, 4.69) is 15.8 Å². The van der Waals surface area contributed by atoms with Crippen molar-refractivity contribution in [1.82, 2.24) is 25.2 Å². The third-order valence-corrected chi connectivity index (χ3v) is 8.79. The van der Waals surface area contributed by atoms with Gasteiger partial charge in [-0.1, -0.05) is 35.9 Å². The first kappa shape index (κ1) is 34.1. The van der Waals surface area contributed by atoms with Crippen LogP contribution in [0.5, 0.6) is 17.2 Å². The van der Waals surface area contributed by atoms with E-state index in [1.165, 1.54) is 7.11 Å². The van der Waals surface area contributed by atoms with Gasteiger partial charge in [0.2, 0.25) is 0 Å². The molecular formula is C35H40ClN7O6. The number of hydrogen-bond donors (Lipinski definition) is 2. The van der Waals surface area contributed by atoms with Crippen molar-refractivity contribution in [3.8, 4) is 17.2 Å². The molecule has 0 radical (unpaired) electrons. The lowest BCUT2D eigenvalue weighted by Gasteiger charge is -2.28. The Balaban J connectivity index is 1.34. The minimum Gasteiger partial charge on any atom is -0.497 e. The van der Waals surface area contributed by atoms with Crippen LogP contribution in [0.4, 0.5) is 11.5 Å². The summed E-state index contributed by atoms with van der Waals surface area (Å²) in [6.45, 7) is 4.47. The molecule has 13 nitrogen and oxygen atoms in total. The number of nitrogens with zero attached hydrogens (tertiary/aromatic N) is 5. The highest BCUT2D eigenvalue weighted by Crippen LogP contribution is 2.32. The van der Waals surface area contributed by atoms with E-state index in [0.717, 1.165) is 35.7 Å². The normalized spacial score (nSPS) is 16.6. The van der Waals surface area contributed by atoms with Crippen LogP contribution in [0, 0.1) is 0 Å². The van der Waals surface area contributed by atoms with Crippen molar-refractivity contribution in [2.75, 3.05) is 71.0 Å². The number of aromatic nitrogens is 2. The van der Waals surface area contributed by atoms with Crippen LogP contribution < -0.4 is 30.1 Å². The first-order valence-electron chi connectivity index (χ1n) is 16.0. The van der Waals surface area contributed by atoms with Gasteiger partial charge in [-0.05, 0) is 53.6 Å². The molecule has 49 heavy (non-hydrogen) atoms. The third-order valence-electron chi connectivity index (χ3n) is 8.55. The fourth-order valence-corrected chi connectivity index (χ4v) is 6.02. The van der Waals surface area contributed by atoms with Crippen LogP contribution >= 0.6 is 11.6 Å². The molecule has 2 amide bonds. The van der Waals surface area contributed by atoms with E-state index in [9.17, 15) is 9.59 Å². The summed E-state index contributed by atoms with van der Waals surface area (Å²) in [4.78, 5) is 30.1. The quantitative estimate of drug-likeness (QED) is 0.214. The van der Waals surface area contributed by atoms with Gasteiger partial charge in [-0.3, -0.25) is 29.2 Å². The molecule has 1 unspecified atom stereocenters. The van der Waals surface area contributed by atoms with Crippen LogP contribution in [-0.4, -0.2) is 98.3 Å². The summed E-state index contributed by atoms with van der Waals surface area (Å²) in [6.07, 6.45) is 2.13. The second kappa shape index (κ2) is 15.6. The van der Waals surface area contributed by atoms with E-state index in [4.69, 9.17) is 35.6 Å². The Bertz CT molecular complexity index is 1740. The molecule has 0 aliphatic carbocycles. The SMILES string of the molecule is COc1ccc(CC2C(=O)N(CCN3CCOCC3)NN2c2nn(Cc3ccc(OC)cc3)cc2NC(=O)c2cc(Cl)ccc2OC)cc1. The van der Waals surface area contributed by atoms with Gasteiger partial charge in [0, 0.05) is 31.1 Å². The summed E-state index contributed by atoms with van der Waals surface area (Å²) in [5.74, 6) is 1.67. The van der Waals surface area contributed by atoms with Crippen LogP contribution in [0.3, 0.4) is 0 Å². The number of nitrogens with one attached hydrogen (secondary N) is 2. The number of amides is 2. The van der Waals surface area contributed by atoms with Crippen LogP contribution in [-0.2, 0) is 22.5 Å². The molecule has 2 N–H and O–H groups in total. The van der Waals surface area contributed by atoms with Gasteiger partial charge in [0.1, 0.15) is 29.0 Å². The van der Waals surface area contributed by atoms with Gasteiger partial charge < -0.3 is 24.3 Å². The van der Waals surface area contributed by atoms with E-state index in [0.29, 0.717) is 61.5 Å². The smallest absolute Gasteiger partial charge is 0.262 e. The summed E-state index contributed by atoms with van der Waals surface area (Å²) < 4.78 is 23.3. The Labute approximate surface area is 290 Å². The molecular weight excluding hydrogens is 650 g/mol. The number of hydrogen-bond acceptors (Lipinski definition) is 10. The molecule has 2 aliphatic rings. The zero-order valence-electron chi connectivity index (χ0n) is 27.7. The number of hydrazine groups is 2. The van der Waals surface area contributed by atoms with E-state index < -0.39 is 11.9 Å². The molecule has 0 saturated carbocycles. The molecule has 14 heteroatoms. The fourth-order valence-electron chi connectivity index (χ4n) is 5.85. The molecule has 0 spiro atoms. The predicted octanol–water partition coefficient (Wildman–Crippen LogP) is 3.87. The Kier molecular flexibility index (Phi) is 10.8. The Morgan fingerprint density at radius 3 is 2.27 bits per heavy atom. The number of benzene rings is 3. The van der Waals surface area contributed by atoms with Crippen molar-refractivity contribution in [3.05, 3.63) is 94.6 Å². The molecule has 2 aliphatic heterocycles. The third kappa shape index (κ3) is 8.08. The number of carbonyl (C=O) groups is 2. The number of carbonyl (C=O) groups excluding carboxylic acids is 2. The van der Waals surface area contributed by atoms with Crippen molar-refractivity contribution < 1.29 is 28.5 Å². The highest BCUT2D eigenvalue weighted by atomic mass is 35.5. The minimum absolute atomic E-state index is 0.109. The maximum Gasteiger partial charge on any atom is 0.262 e. The standard InChI is InChI=1S/C35H40ClN7O6/c1-46-27-9-4-24(5-10-27)20-31-35(45)42(15-14-40-16-18-49-19-17-40)39-43(31)33-30(37-34(44)29-21-26(36)8-13-32(29)48-3)23-41(38-33)22-25-6-11-28(47-2)12-7-25/h4-13,21,23,31,39H,14-20,22H2,1-3H3,(H,37,44). The van der Waals surface area contributed by atoms with E-state index in [1.54, 1.807) is 53.3 Å². The molecule has 258 valence electrons. The first-order valence-corrected chi connectivity index (χ1v) is 16.4. The molecule has 1 aromatic heterocycles. The van der Waals surface area contributed by atoms with Crippen LogP contribution in [0.1, 0.15) is 21.5 Å².